The zero-order valence-electron chi connectivity index (χ0n) is 10.1. The van der Waals surface area contributed by atoms with E-state index in [1.807, 2.05) is 0 Å². The lowest BCUT2D eigenvalue weighted by Crippen LogP contribution is -2.31. The number of hydrazine groups is 1. The maximum Gasteiger partial charge on any atom is 0.194 e. The summed E-state index contributed by atoms with van der Waals surface area (Å²) in [7, 11) is 1.66. The Balaban J connectivity index is 2.33. The average Bonchev–Trinajstić information content (AvgIpc) is 2.80. The van der Waals surface area contributed by atoms with E-state index in [1.54, 1.807) is 7.05 Å². The lowest BCUT2D eigenvalue weighted by atomic mass is 10.0. The number of nitrogens with two attached hydrogens (primary N) is 1. The molecule has 2 aromatic rings. The van der Waals surface area contributed by atoms with Crippen molar-refractivity contribution in [3.63, 3.8) is 0 Å². The summed E-state index contributed by atoms with van der Waals surface area (Å²) in [6.07, 6.45) is 1.53. The molecule has 102 valence electrons. The number of rotatable bonds is 4. The van der Waals surface area contributed by atoms with Gasteiger partial charge in [0.25, 0.3) is 0 Å². The molecule has 1 heterocycles. The minimum atomic E-state index is -1.52. The number of aryl methyl sites for hydroxylation is 1. The minimum Gasteiger partial charge on any atom is -0.271 e. The van der Waals surface area contributed by atoms with E-state index in [-0.39, 0.29) is 12.0 Å². The van der Waals surface area contributed by atoms with E-state index in [0.29, 0.717) is 5.82 Å². The van der Waals surface area contributed by atoms with Crippen molar-refractivity contribution < 1.29 is 13.2 Å². The van der Waals surface area contributed by atoms with Gasteiger partial charge in [-0.25, -0.2) is 18.2 Å². The van der Waals surface area contributed by atoms with Gasteiger partial charge in [0.2, 0.25) is 0 Å². The van der Waals surface area contributed by atoms with Gasteiger partial charge in [-0.15, -0.1) is 0 Å². The molecule has 0 fully saturated rings. The van der Waals surface area contributed by atoms with Gasteiger partial charge in [-0.05, 0) is 6.07 Å². The molecule has 0 aliphatic rings. The Morgan fingerprint density at radius 2 is 2.05 bits per heavy atom. The van der Waals surface area contributed by atoms with Gasteiger partial charge in [-0.1, -0.05) is 6.07 Å². The second-order valence-corrected chi connectivity index (χ2v) is 3.99. The number of hydrogen-bond donors (Lipinski definition) is 2. The molecule has 2 rings (SSSR count). The summed E-state index contributed by atoms with van der Waals surface area (Å²) in [5.41, 5.74) is 2.30. The Bertz CT molecular complexity index is 584. The molecule has 19 heavy (non-hydrogen) atoms. The molecule has 0 bridgehead atoms. The fourth-order valence-electron chi connectivity index (χ4n) is 1.76. The molecular formula is C11H12F3N5. The van der Waals surface area contributed by atoms with Crippen LogP contribution in [0.2, 0.25) is 0 Å². The second-order valence-electron chi connectivity index (χ2n) is 3.99. The molecule has 5 nitrogen and oxygen atoms in total. The second kappa shape index (κ2) is 5.37. The van der Waals surface area contributed by atoms with Crippen LogP contribution >= 0.6 is 0 Å². The van der Waals surface area contributed by atoms with E-state index >= 15 is 0 Å². The van der Waals surface area contributed by atoms with Crippen LogP contribution in [0.25, 0.3) is 0 Å². The van der Waals surface area contributed by atoms with E-state index in [1.165, 1.54) is 11.0 Å². The van der Waals surface area contributed by atoms with Gasteiger partial charge in [0, 0.05) is 19.0 Å². The van der Waals surface area contributed by atoms with Gasteiger partial charge < -0.3 is 0 Å². The van der Waals surface area contributed by atoms with Crippen LogP contribution in [-0.4, -0.2) is 14.8 Å². The molecule has 1 aromatic carbocycles. The summed E-state index contributed by atoms with van der Waals surface area (Å²) in [5, 5.41) is 3.86. The lowest BCUT2D eigenvalue weighted by Gasteiger charge is -2.16. The highest BCUT2D eigenvalue weighted by Gasteiger charge is 2.21. The van der Waals surface area contributed by atoms with Crippen molar-refractivity contribution in [1.82, 2.24) is 20.2 Å². The summed E-state index contributed by atoms with van der Waals surface area (Å²) >= 11 is 0. The number of aromatic nitrogens is 3. The van der Waals surface area contributed by atoms with Crippen molar-refractivity contribution in [2.24, 2.45) is 12.9 Å². The van der Waals surface area contributed by atoms with E-state index in [0.717, 1.165) is 12.1 Å². The van der Waals surface area contributed by atoms with Crippen LogP contribution in [-0.2, 0) is 13.5 Å². The number of benzene rings is 1. The maximum atomic E-state index is 13.7. The van der Waals surface area contributed by atoms with E-state index in [4.69, 9.17) is 5.84 Å². The van der Waals surface area contributed by atoms with E-state index < -0.39 is 23.5 Å². The topological polar surface area (TPSA) is 68.8 Å². The third-order valence-electron chi connectivity index (χ3n) is 2.83. The van der Waals surface area contributed by atoms with E-state index in [9.17, 15) is 13.2 Å². The van der Waals surface area contributed by atoms with E-state index in [2.05, 4.69) is 15.5 Å². The first-order valence-corrected chi connectivity index (χ1v) is 5.47. The lowest BCUT2D eigenvalue weighted by molar-refractivity contribution is 0.422. The molecule has 3 N–H and O–H groups in total. The molecule has 0 radical (unpaired) electrons. The van der Waals surface area contributed by atoms with Crippen LogP contribution in [0.1, 0.15) is 17.4 Å². The van der Waals surface area contributed by atoms with Crippen molar-refractivity contribution in [2.75, 3.05) is 0 Å². The van der Waals surface area contributed by atoms with Crippen LogP contribution < -0.4 is 11.3 Å². The fourth-order valence-corrected chi connectivity index (χ4v) is 1.76. The summed E-state index contributed by atoms with van der Waals surface area (Å²) < 4.78 is 41.2. The largest absolute Gasteiger partial charge is 0.271 e. The zero-order valence-corrected chi connectivity index (χ0v) is 10.1. The Kier molecular flexibility index (Phi) is 3.82. The molecule has 0 spiro atoms. The molecular weight excluding hydrogens is 259 g/mol. The number of hydrogen-bond acceptors (Lipinski definition) is 4. The molecule has 1 aromatic heterocycles. The van der Waals surface area contributed by atoms with Crippen molar-refractivity contribution in [3.8, 4) is 0 Å². The highest BCUT2D eigenvalue weighted by Crippen LogP contribution is 2.23. The van der Waals surface area contributed by atoms with Crippen LogP contribution in [0.5, 0.6) is 0 Å². The summed E-state index contributed by atoms with van der Waals surface area (Å²) in [6, 6.07) is 1.27. The third-order valence-corrected chi connectivity index (χ3v) is 2.83. The highest BCUT2D eigenvalue weighted by atomic mass is 19.2. The molecule has 0 saturated carbocycles. The Labute approximate surface area is 107 Å². The molecule has 1 unspecified atom stereocenters. The van der Waals surface area contributed by atoms with Crippen molar-refractivity contribution >= 4 is 0 Å². The molecule has 8 heteroatoms. The first kappa shape index (κ1) is 13.5. The summed E-state index contributed by atoms with van der Waals surface area (Å²) in [4.78, 5) is 3.96. The normalized spacial score (nSPS) is 12.7. The van der Waals surface area contributed by atoms with Crippen LogP contribution in [0.15, 0.2) is 18.5 Å². The van der Waals surface area contributed by atoms with Crippen molar-refractivity contribution in [2.45, 2.75) is 12.5 Å². The van der Waals surface area contributed by atoms with Gasteiger partial charge >= 0.3 is 0 Å². The smallest absolute Gasteiger partial charge is 0.194 e. The quantitative estimate of drug-likeness (QED) is 0.494. The summed E-state index contributed by atoms with van der Waals surface area (Å²) in [6.45, 7) is 0. The monoisotopic (exact) mass is 271 g/mol. The third kappa shape index (κ3) is 2.59. The van der Waals surface area contributed by atoms with Crippen molar-refractivity contribution in [3.05, 3.63) is 47.3 Å². The predicted molar refractivity (Wildman–Crippen MR) is 61.1 cm³/mol. The number of halogens is 3. The molecule has 0 aliphatic carbocycles. The van der Waals surface area contributed by atoms with Crippen LogP contribution in [0.3, 0.4) is 0 Å². The SMILES string of the molecule is Cn1ncnc1CC(NN)c1ccc(F)c(F)c1F. The average molecular weight is 271 g/mol. The maximum absolute atomic E-state index is 13.7. The van der Waals surface area contributed by atoms with Gasteiger partial charge in [-0.2, -0.15) is 5.10 Å². The number of nitrogens with zero attached hydrogens (tertiary/aromatic N) is 3. The van der Waals surface area contributed by atoms with Gasteiger partial charge in [0.15, 0.2) is 17.5 Å². The van der Waals surface area contributed by atoms with Crippen LogP contribution in [0, 0.1) is 17.5 Å². The Morgan fingerprint density at radius 3 is 2.63 bits per heavy atom. The van der Waals surface area contributed by atoms with Gasteiger partial charge in [0.1, 0.15) is 12.2 Å². The highest BCUT2D eigenvalue weighted by molar-refractivity contribution is 5.24. The Morgan fingerprint density at radius 1 is 1.32 bits per heavy atom. The zero-order chi connectivity index (χ0) is 14.0. The minimum absolute atomic E-state index is 0.0654. The Hall–Kier alpha value is -1.93. The van der Waals surface area contributed by atoms with Crippen molar-refractivity contribution in [1.29, 1.82) is 0 Å². The van der Waals surface area contributed by atoms with Gasteiger partial charge in [0.05, 0.1) is 6.04 Å². The first-order chi connectivity index (χ1) is 9.04. The molecule has 0 saturated heterocycles. The van der Waals surface area contributed by atoms with Gasteiger partial charge in [-0.3, -0.25) is 16.0 Å². The molecule has 0 aliphatic heterocycles. The molecule has 0 amide bonds. The predicted octanol–water partition coefficient (Wildman–Crippen LogP) is 0.980. The standard InChI is InChI=1S/C11H12F3N5/c1-19-9(16-5-17-19)4-8(18-15)6-2-3-7(12)11(14)10(6)13/h2-3,5,8,18H,4,15H2,1H3. The number of nitrogens with one attached hydrogen (secondary N) is 1. The van der Waals surface area contributed by atoms with Crippen LogP contribution in [0.4, 0.5) is 13.2 Å². The summed E-state index contributed by atoms with van der Waals surface area (Å²) in [5.74, 6) is 1.86. The first-order valence-electron chi connectivity index (χ1n) is 5.47. The fraction of sp³-hybridized carbons (Fsp3) is 0.273. The molecule has 1 atom stereocenters.